The van der Waals surface area contributed by atoms with E-state index in [0.29, 0.717) is 28.7 Å². The summed E-state index contributed by atoms with van der Waals surface area (Å²) in [6.07, 6.45) is 1.72. The van der Waals surface area contributed by atoms with Crippen LogP contribution in [0.4, 0.5) is 0 Å². The lowest BCUT2D eigenvalue weighted by Gasteiger charge is -2.09. The van der Waals surface area contributed by atoms with E-state index in [1.807, 2.05) is 72.8 Å². The molecule has 0 spiro atoms. The van der Waals surface area contributed by atoms with Gasteiger partial charge in [-0.05, 0) is 65.8 Å². The minimum absolute atomic E-state index is 0.383. The van der Waals surface area contributed by atoms with Crippen molar-refractivity contribution in [1.82, 2.24) is 14.9 Å². The monoisotopic (exact) mass is 446 g/mol. The van der Waals surface area contributed by atoms with E-state index in [0.717, 1.165) is 22.4 Å². The lowest BCUT2D eigenvalue weighted by atomic mass is 10.2. The maximum Gasteiger partial charge on any atom is 0.216 e. The zero-order valence-electron chi connectivity index (χ0n) is 17.7. The molecule has 0 bridgehead atoms. The Morgan fingerprint density at radius 3 is 2.44 bits per heavy atom. The number of methoxy groups -OCH3 is 2. The molecular formula is C24H22N4O3S. The second-order valence-corrected chi connectivity index (χ2v) is 7.21. The van der Waals surface area contributed by atoms with Gasteiger partial charge in [0.15, 0.2) is 17.3 Å². The number of aromatic nitrogens is 3. The van der Waals surface area contributed by atoms with Crippen LogP contribution in [0.25, 0.3) is 11.4 Å². The number of hydrogen-bond donors (Lipinski definition) is 1. The van der Waals surface area contributed by atoms with Crippen LogP contribution in [0, 0.1) is 4.77 Å². The van der Waals surface area contributed by atoms with E-state index >= 15 is 0 Å². The molecule has 4 rings (SSSR count). The van der Waals surface area contributed by atoms with Gasteiger partial charge in [-0.25, -0.2) is 5.10 Å². The zero-order chi connectivity index (χ0) is 22.3. The Hall–Kier alpha value is -3.91. The van der Waals surface area contributed by atoms with E-state index < -0.39 is 0 Å². The highest BCUT2D eigenvalue weighted by Gasteiger charge is 2.12. The molecule has 7 nitrogen and oxygen atoms in total. The summed E-state index contributed by atoms with van der Waals surface area (Å²) in [6.45, 7) is 0.521. The van der Waals surface area contributed by atoms with Crippen molar-refractivity contribution in [3.05, 3.63) is 88.7 Å². The fourth-order valence-corrected chi connectivity index (χ4v) is 3.26. The summed E-state index contributed by atoms with van der Waals surface area (Å²) in [5, 5.41) is 11.6. The van der Waals surface area contributed by atoms with Crippen LogP contribution in [0.1, 0.15) is 11.1 Å². The molecule has 1 heterocycles. The summed E-state index contributed by atoms with van der Waals surface area (Å²) in [7, 11) is 3.18. The molecule has 0 amide bonds. The molecule has 3 aromatic carbocycles. The van der Waals surface area contributed by atoms with Gasteiger partial charge in [0.25, 0.3) is 0 Å². The number of nitrogens with zero attached hydrogens (tertiary/aromatic N) is 3. The van der Waals surface area contributed by atoms with Gasteiger partial charge in [0, 0.05) is 5.56 Å². The van der Waals surface area contributed by atoms with Crippen molar-refractivity contribution < 1.29 is 14.2 Å². The van der Waals surface area contributed by atoms with Crippen molar-refractivity contribution >= 4 is 18.4 Å². The molecule has 0 radical (unpaired) electrons. The number of ether oxygens (including phenoxy) is 3. The highest BCUT2D eigenvalue weighted by Crippen LogP contribution is 2.31. The third kappa shape index (κ3) is 4.87. The van der Waals surface area contributed by atoms with Gasteiger partial charge in [-0.15, -0.1) is 0 Å². The molecule has 0 aliphatic heterocycles. The number of aromatic amines is 1. The van der Waals surface area contributed by atoms with E-state index in [1.165, 1.54) is 0 Å². The van der Waals surface area contributed by atoms with E-state index in [9.17, 15) is 0 Å². The normalized spacial score (nSPS) is 10.9. The first kappa shape index (κ1) is 21.3. The molecule has 8 heteroatoms. The van der Waals surface area contributed by atoms with Gasteiger partial charge in [-0.1, -0.05) is 30.3 Å². The molecule has 162 valence electrons. The maximum atomic E-state index is 5.83. The number of rotatable bonds is 8. The van der Waals surface area contributed by atoms with Gasteiger partial charge >= 0.3 is 0 Å². The molecule has 1 aromatic heterocycles. The zero-order valence-corrected chi connectivity index (χ0v) is 18.5. The van der Waals surface area contributed by atoms with Crippen molar-refractivity contribution in [3.63, 3.8) is 0 Å². The van der Waals surface area contributed by atoms with Crippen molar-refractivity contribution in [2.24, 2.45) is 5.10 Å². The third-order valence-electron chi connectivity index (χ3n) is 4.74. The minimum Gasteiger partial charge on any atom is -0.493 e. The standard InChI is InChI=1S/C24H22N4O3S/c1-29-21-13-10-19(14-22(21)30-2)23-26-27-24(32)28(23)25-15-17-8-11-20(12-9-17)31-16-18-6-4-3-5-7-18/h3-15H,16H2,1-2H3,(H,27,32)/b25-15+. The summed E-state index contributed by atoms with van der Waals surface area (Å²) >= 11 is 5.36. The summed E-state index contributed by atoms with van der Waals surface area (Å²) in [6, 6.07) is 23.2. The predicted molar refractivity (Wildman–Crippen MR) is 126 cm³/mol. The number of hydrogen-bond acceptors (Lipinski definition) is 6. The molecule has 4 aromatic rings. The van der Waals surface area contributed by atoms with Crippen molar-refractivity contribution in [2.45, 2.75) is 6.61 Å². The van der Waals surface area contributed by atoms with Crippen LogP contribution in [-0.4, -0.2) is 35.3 Å². The number of nitrogens with one attached hydrogen (secondary N) is 1. The van der Waals surface area contributed by atoms with Crippen LogP contribution in [0.3, 0.4) is 0 Å². The largest absolute Gasteiger partial charge is 0.493 e. The highest BCUT2D eigenvalue weighted by atomic mass is 32.1. The maximum absolute atomic E-state index is 5.83. The van der Waals surface area contributed by atoms with Crippen molar-refractivity contribution in [3.8, 4) is 28.6 Å². The molecule has 0 aliphatic carbocycles. The smallest absolute Gasteiger partial charge is 0.216 e. The molecular weight excluding hydrogens is 424 g/mol. The lowest BCUT2D eigenvalue weighted by Crippen LogP contribution is -1.97. The SMILES string of the molecule is COc1ccc(-c2n[nH]c(=S)n2/N=C/c2ccc(OCc3ccccc3)cc2)cc1OC. The molecule has 0 aliphatic rings. The first-order valence-corrected chi connectivity index (χ1v) is 10.3. The molecule has 0 saturated carbocycles. The Balaban J connectivity index is 1.51. The lowest BCUT2D eigenvalue weighted by molar-refractivity contribution is 0.306. The van der Waals surface area contributed by atoms with Gasteiger partial charge in [0.1, 0.15) is 12.4 Å². The topological polar surface area (TPSA) is 73.7 Å². The van der Waals surface area contributed by atoms with E-state index in [2.05, 4.69) is 15.3 Å². The van der Waals surface area contributed by atoms with Gasteiger partial charge in [0.2, 0.25) is 4.77 Å². The average Bonchev–Trinajstić information content (AvgIpc) is 3.22. The molecule has 0 saturated heterocycles. The van der Waals surface area contributed by atoms with Gasteiger partial charge < -0.3 is 14.2 Å². The van der Waals surface area contributed by atoms with E-state index in [4.69, 9.17) is 26.4 Å². The Labute approximate surface area is 190 Å². The van der Waals surface area contributed by atoms with Crippen molar-refractivity contribution in [2.75, 3.05) is 14.2 Å². The molecule has 0 unspecified atom stereocenters. The Bertz CT molecular complexity index is 1260. The summed E-state index contributed by atoms with van der Waals surface area (Å²) in [5.74, 6) is 2.59. The number of benzene rings is 3. The Kier molecular flexibility index (Phi) is 6.62. The van der Waals surface area contributed by atoms with Crippen molar-refractivity contribution in [1.29, 1.82) is 0 Å². The predicted octanol–water partition coefficient (Wildman–Crippen LogP) is 5.09. The van der Waals surface area contributed by atoms with Crippen LogP contribution in [0.2, 0.25) is 0 Å². The fraction of sp³-hybridized carbons (Fsp3) is 0.125. The summed E-state index contributed by atoms with van der Waals surface area (Å²) in [4.78, 5) is 0. The van der Waals surface area contributed by atoms with Crippen LogP contribution in [0.5, 0.6) is 17.2 Å². The van der Waals surface area contributed by atoms with Crippen LogP contribution in [-0.2, 0) is 6.61 Å². The van der Waals surface area contributed by atoms with Crippen LogP contribution in [0.15, 0.2) is 77.9 Å². The highest BCUT2D eigenvalue weighted by molar-refractivity contribution is 7.71. The van der Waals surface area contributed by atoms with E-state index in [1.54, 1.807) is 25.1 Å². The van der Waals surface area contributed by atoms with Gasteiger partial charge in [-0.2, -0.15) is 14.9 Å². The second kappa shape index (κ2) is 9.93. The minimum atomic E-state index is 0.383. The summed E-state index contributed by atoms with van der Waals surface area (Å²) in [5.41, 5.74) is 2.81. The molecule has 0 fully saturated rings. The first-order chi connectivity index (χ1) is 15.7. The van der Waals surface area contributed by atoms with Gasteiger partial charge in [-0.3, -0.25) is 0 Å². The average molecular weight is 447 g/mol. The fourth-order valence-electron chi connectivity index (χ4n) is 3.08. The van der Waals surface area contributed by atoms with E-state index in [-0.39, 0.29) is 0 Å². The Morgan fingerprint density at radius 2 is 1.72 bits per heavy atom. The first-order valence-electron chi connectivity index (χ1n) is 9.89. The van der Waals surface area contributed by atoms with Gasteiger partial charge in [0.05, 0.1) is 20.4 Å². The quantitative estimate of drug-likeness (QED) is 0.302. The molecule has 32 heavy (non-hydrogen) atoms. The van der Waals surface area contributed by atoms with Crippen LogP contribution < -0.4 is 14.2 Å². The molecule has 1 N–H and O–H groups in total. The molecule has 0 atom stereocenters. The third-order valence-corrected chi connectivity index (χ3v) is 5.01. The van der Waals surface area contributed by atoms with Crippen LogP contribution >= 0.6 is 12.2 Å². The second-order valence-electron chi connectivity index (χ2n) is 6.82. The summed E-state index contributed by atoms with van der Waals surface area (Å²) < 4.78 is 18.5. The Morgan fingerprint density at radius 1 is 0.969 bits per heavy atom. The number of H-pyrrole nitrogens is 1.